The van der Waals surface area contributed by atoms with E-state index in [0.717, 1.165) is 11.8 Å². The Labute approximate surface area is 186 Å². The number of aromatic nitrogens is 2. The van der Waals surface area contributed by atoms with Gasteiger partial charge in [0.25, 0.3) is 0 Å². The number of Topliss-reactive ketones (excluding diaryl/α,β-unsaturated/α-hetero) is 1. The van der Waals surface area contributed by atoms with Crippen molar-refractivity contribution in [2.24, 2.45) is 0 Å². The smallest absolute Gasteiger partial charge is 0.316 e. The van der Waals surface area contributed by atoms with Crippen molar-refractivity contribution in [2.45, 2.75) is 11.4 Å². The Bertz CT molecular complexity index is 1320. The molecule has 0 spiro atoms. The number of furan rings is 1. The van der Waals surface area contributed by atoms with Gasteiger partial charge in [-0.25, -0.2) is 9.97 Å². The number of carbonyl (C=O) groups is 2. The van der Waals surface area contributed by atoms with E-state index in [-0.39, 0.29) is 18.1 Å². The van der Waals surface area contributed by atoms with E-state index >= 15 is 0 Å². The molecule has 162 valence electrons. The van der Waals surface area contributed by atoms with Crippen LogP contribution in [0, 0.1) is 0 Å². The first kappa shape index (κ1) is 20.3. The maximum Gasteiger partial charge on any atom is 0.316 e. The van der Waals surface area contributed by atoms with Gasteiger partial charge in [-0.3, -0.25) is 9.59 Å². The highest BCUT2D eigenvalue weighted by molar-refractivity contribution is 8.00. The monoisotopic (exact) mass is 450 g/mol. The number of fused-ring (bicyclic) bond motifs is 4. The highest BCUT2D eigenvalue weighted by Gasteiger charge is 2.17. The van der Waals surface area contributed by atoms with Gasteiger partial charge in [0.1, 0.15) is 22.5 Å². The number of nitrogens with zero attached hydrogens (tertiary/aromatic N) is 2. The molecule has 0 bridgehead atoms. The van der Waals surface area contributed by atoms with Crippen molar-refractivity contribution in [3.63, 3.8) is 0 Å². The lowest BCUT2D eigenvalue weighted by Gasteiger charge is -2.09. The van der Waals surface area contributed by atoms with Crippen molar-refractivity contribution in [2.75, 3.05) is 25.6 Å². The predicted octanol–water partition coefficient (Wildman–Crippen LogP) is 4.06. The Morgan fingerprint density at radius 2 is 1.88 bits per heavy atom. The fourth-order valence-electron chi connectivity index (χ4n) is 3.34. The predicted molar refractivity (Wildman–Crippen MR) is 117 cm³/mol. The molecule has 3 heterocycles. The molecule has 0 amide bonds. The third-order valence-electron chi connectivity index (χ3n) is 4.89. The summed E-state index contributed by atoms with van der Waals surface area (Å²) in [6.45, 7) is 0.740. The van der Waals surface area contributed by atoms with Crippen molar-refractivity contribution in [3.8, 4) is 11.5 Å². The van der Waals surface area contributed by atoms with Crippen LogP contribution in [0.2, 0.25) is 0 Å². The van der Waals surface area contributed by atoms with Crippen LogP contribution in [-0.4, -0.2) is 47.3 Å². The number of para-hydroxylation sites is 1. The molecule has 32 heavy (non-hydrogen) atoms. The van der Waals surface area contributed by atoms with Crippen LogP contribution in [-0.2, 0) is 9.53 Å². The summed E-state index contributed by atoms with van der Waals surface area (Å²) in [6.07, 6.45) is 2.21. The topological polar surface area (TPSA) is 101 Å². The van der Waals surface area contributed by atoms with Gasteiger partial charge in [-0.2, -0.15) is 0 Å². The van der Waals surface area contributed by atoms with Gasteiger partial charge in [0.15, 0.2) is 29.5 Å². The third kappa shape index (κ3) is 4.11. The van der Waals surface area contributed by atoms with Gasteiger partial charge in [-0.1, -0.05) is 23.9 Å². The molecular formula is C23H18N2O6S. The van der Waals surface area contributed by atoms with E-state index in [1.165, 1.54) is 18.1 Å². The van der Waals surface area contributed by atoms with E-state index in [2.05, 4.69) is 9.97 Å². The molecule has 0 aliphatic carbocycles. The number of ketones is 1. The number of hydrogen-bond acceptors (Lipinski definition) is 9. The molecule has 5 rings (SSSR count). The minimum atomic E-state index is -0.527. The lowest BCUT2D eigenvalue weighted by atomic mass is 10.1. The first-order chi connectivity index (χ1) is 15.7. The Kier molecular flexibility index (Phi) is 5.64. The molecule has 0 unspecified atom stereocenters. The number of benzene rings is 2. The second kappa shape index (κ2) is 8.88. The van der Waals surface area contributed by atoms with Gasteiger partial charge in [0.05, 0.1) is 19.0 Å². The molecule has 2 aromatic carbocycles. The highest BCUT2D eigenvalue weighted by atomic mass is 32.2. The maximum atomic E-state index is 12.5. The number of hydrogen-bond donors (Lipinski definition) is 0. The summed E-state index contributed by atoms with van der Waals surface area (Å²) in [5.41, 5.74) is 2.31. The number of rotatable bonds is 6. The lowest BCUT2D eigenvalue weighted by Crippen LogP contribution is -2.15. The van der Waals surface area contributed by atoms with Crippen molar-refractivity contribution < 1.29 is 28.2 Å². The van der Waals surface area contributed by atoms with Crippen molar-refractivity contribution in [1.82, 2.24) is 9.97 Å². The van der Waals surface area contributed by atoms with Gasteiger partial charge >= 0.3 is 5.97 Å². The summed E-state index contributed by atoms with van der Waals surface area (Å²) in [6, 6.07) is 12.5. The molecule has 9 heteroatoms. The van der Waals surface area contributed by atoms with Gasteiger partial charge in [-0.05, 0) is 30.3 Å². The molecule has 8 nitrogen and oxygen atoms in total. The van der Waals surface area contributed by atoms with Crippen LogP contribution in [0.15, 0.2) is 58.2 Å². The number of ether oxygens (including phenoxy) is 3. The normalized spacial score (nSPS) is 13.1. The highest BCUT2D eigenvalue weighted by Crippen LogP contribution is 2.33. The van der Waals surface area contributed by atoms with Crippen LogP contribution < -0.4 is 9.47 Å². The Balaban J connectivity index is 1.20. The molecule has 0 atom stereocenters. The summed E-state index contributed by atoms with van der Waals surface area (Å²) in [5.74, 6) is 0.265. The van der Waals surface area contributed by atoms with E-state index in [9.17, 15) is 9.59 Å². The van der Waals surface area contributed by atoms with Crippen molar-refractivity contribution in [1.29, 1.82) is 0 Å². The molecule has 0 fully saturated rings. The number of thioether (sulfide) groups is 1. The van der Waals surface area contributed by atoms with Crippen LogP contribution >= 0.6 is 11.8 Å². The van der Waals surface area contributed by atoms with E-state index in [0.29, 0.717) is 52.0 Å². The average molecular weight is 450 g/mol. The van der Waals surface area contributed by atoms with Crippen LogP contribution in [0.25, 0.3) is 22.1 Å². The van der Waals surface area contributed by atoms with E-state index in [4.69, 9.17) is 18.6 Å². The zero-order chi connectivity index (χ0) is 21.9. The quantitative estimate of drug-likeness (QED) is 0.186. The summed E-state index contributed by atoms with van der Waals surface area (Å²) in [5, 5.41) is 1.42. The SMILES string of the molecule is O=C(CSc1ncnc2c1oc1ccccc12)OCC(=O)c1ccc2c(c1)OCCCO2. The van der Waals surface area contributed by atoms with E-state index < -0.39 is 5.97 Å². The first-order valence-corrected chi connectivity index (χ1v) is 11.0. The standard InChI is InChI=1S/C23H18N2O6S/c26-16(14-6-7-18-19(10-14)29-9-3-8-28-18)11-30-20(27)12-32-23-22-21(24-13-25-23)15-4-1-2-5-17(15)31-22/h1-2,4-7,10,13H,3,8-9,11-12H2. The fraction of sp³-hybridized carbons (Fsp3) is 0.217. The minimum absolute atomic E-state index is 0.0163. The van der Waals surface area contributed by atoms with Crippen LogP contribution in [0.3, 0.4) is 0 Å². The summed E-state index contributed by atoms with van der Waals surface area (Å²) < 4.78 is 22.2. The van der Waals surface area contributed by atoms with E-state index in [1.54, 1.807) is 18.2 Å². The van der Waals surface area contributed by atoms with Crippen LogP contribution in [0.4, 0.5) is 0 Å². The van der Waals surface area contributed by atoms with Gasteiger partial charge < -0.3 is 18.6 Å². The number of esters is 1. The van der Waals surface area contributed by atoms with E-state index in [1.807, 2.05) is 24.3 Å². The Morgan fingerprint density at radius 1 is 1.03 bits per heavy atom. The molecular weight excluding hydrogens is 432 g/mol. The van der Waals surface area contributed by atoms with Gasteiger partial charge in [-0.15, -0.1) is 0 Å². The van der Waals surface area contributed by atoms with Crippen LogP contribution in [0.5, 0.6) is 11.5 Å². The second-order valence-corrected chi connectivity index (χ2v) is 8.00. The van der Waals surface area contributed by atoms with Gasteiger partial charge in [0, 0.05) is 17.4 Å². The Hall–Kier alpha value is -3.59. The second-order valence-electron chi connectivity index (χ2n) is 7.04. The molecule has 4 aromatic rings. The summed E-state index contributed by atoms with van der Waals surface area (Å²) >= 11 is 1.17. The molecule has 0 saturated carbocycles. The molecule has 1 aliphatic heterocycles. The summed E-state index contributed by atoms with van der Waals surface area (Å²) in [4.78, 5) is 33.2. The molecule has 1 aliphatic rings. The fourth-order valence-corrected chi connectivity index (χ4v) is 4.07. The minimum Gasteiger partial charge on any atom is -0.490 e. The number of carbonyl (C=O) groups excluding carboxylic acids is 2. The molecule has 2 aromatic heterocycles. The maximum absolute atomic E-state index is 12.5. The third-order valence-corrected chi connectivity index (χ3v) is 5.83. The molecule has 0 N–H and O–H groups in total. The first-order valence-electron chi connectivity index (χ1n) is 10.0. The zero-order valence-electron chi connectivity index (χ0n) is 16.9. The summed E-state index contributed by atoms with van der Waals surface area (Å²) in [7, 11) is 0. The van der Waals surface area contributed by atoms with Crippen molar-refractivity contribution >= 4 is 45.6 Å². The van der Waals surface area contributed by atoms with Crippen molar-refractivity contribution in [3.05, 3.63) is 54.4 Å². The zero-order valence-corrected chi connectivity index (χ0v) is 17.7. The Morgan fingerprint density at radius 3 is 2.78 bits per heavy atom. The van der Waals surface area contributed by atoms with Crippen LogP contribution in [0.1, 0.15) is 16.8 Å². The average Bonchev–Trinajstić information content (AvgIpc) is 3.04. The molecule has 0 radical (unpaired) electrons. The molecule has 0 saturated heterocycles. The largest absolute Gasteiger partial charge is 0.490 e. The van der Waals surface area contributed by atoms with Gasteiger partial charge in [0.2, 0.25) is 0 Å². The lowest BCUT2D eigenvalue weighted by molar-refractivity contribution is -0.139.